The van der Waals surface area contributed by atoms with Crippen LogP contribution in [0.3, 0.4) is 0 Å². The number of rotatable bonds is 5. The molecule has 0 aliphatic heterocycles. The molecule has 0 saturated heterocycles. The van der Waals surface area contributed by atoms with Gasteiger partial charge < -0.3 is 4.74 Å². The lowest BCUT2D eigenvalue weighted by molar-refractivity contribution is -0.122. The van der Waals surface area contributed by atoms with Gasteiger partial charge in [0.25, 0.3) is 11.5 Å². The Morgan fingerprint density at radius 3 is 2.75 bits per heavy atom. The molecule has 0 saturated carbocycles. The molecule has 0 spiro atoms. The molecule has 2 aromatic rings. The Kier molecular flexibility index (Phi) is 4.28. The van der Waals surface area contributed by atoms with Gasteiger partial charge in [-0.15, -0.1) is 10.2 Å². The van der Waals surface area contributed by atoms with Crippen molar-refractivity contribution in [1.29, 1.82) is 0 Å². The Morgan fingerprint density at radius 1 is 1.30 bits per heavy atom. The molecule has 0 aliphatic carbocycles. The number of amides is 1. The third-order valence-electron chi connectivity index (χ3n) is 2.29. The molecule has 1 heterocycles. The van der Waals surface area contributed by atoms with E-state index in [2.05, 4.69) is 26.0 Å². The smallest absolute Gasteiger partial charge is 0.276 e. The summed E-state index contributed by atoms with van der Waals surface area (Å²) in [6, 6.07) is 8.93. The van der Waals surface area contributed by atoms with E-state index in [9.17, 15) is 9.59 Å². The zero-order valence-corrected chi connectivity index (χ0v) is 10.7. The standard InChI is InChI=1S/C12H13N5O3/c1-8-11(19)13-12(16-14-8)17-15-10(18)7-20-9-5-3-2-4-6-9/h2-6H,7H2,1H3,(H,15,18)(H2,13,16,17,19). The van der Waals surface area contributed by atoms with Gasteiger partial charge in [-0.1, -0.05) is 18.2 Å². The Balaban J connectivity index is 1.80. The highest BCUT2D eigenvalue weighted by Crippen LogP contribution is 2.07. The third kappa shape index (κ3) is 3.80. The number of hydrogen-bond donors (Lipinski definition) is 3. The van der Waals surface area contributed by atoms with Crippen LogP contribution in [-0.4, -0.2) is 27.7 Å². The molecule has 104 valence electrons. The second-order valence-electron chi connectivity index (χ2n) is 3.86. The Morgan fingerprint density at radius 2 is 2.05 bits per heavy atom. The van der Waals surface area contributed by atoms with E-state index in [-0.39, 0.29) is 23.8 Å². The van der Waals surface area contributed by atoms with Crippen molar-refractivity contribution in [2.45, 2.75) is 6.92 Å². The minimum absolute atomic E-state index is 0.0497. The van der Waals surface area contributed by atoms with Gasteiger partial charge in [0.05, 0.1) is 0 Å². The topological polar surface area (TPSA) is 109 Å². The normalized spacial score (nSPS) is 9.85. The van der Waals surface area contributed by atoms with Crippen molar-refractivity contribution < 1.29 is 9.53 Å². The SMILES string of the molecule is Cc1nnc(NNC(=O)COc2ccccc2)[nH]c1=O. The average Bonchev–Trinajstić information content (AvgIpc) is 2.47. The lowest BCUT2D eigenvalue weighted by Gasteiger charge is -2.08. The second kappa shape index (κ2) is 6.32. The highest BCUT2D eigenvalue weighted by molar-refractivity contribution is 5.78. The molecular weight excluding hydrogens is 262 g/mol. The number of carbonyl (C=O) groups excluding carboxylic acids is 1. The number of hydrogen-bond acceptors (Lipinski definition) is 6. The van der Waals surface area contributed by atoms with Gasteiger partial charge in [0.2, 0.25) is 5.95 Å². The number of anilines is 1. The van der Waals surface area contributed by atoms with E-state index in [0.717, 1.165) is 0 Å². The summed E-state index contributed by atoms with van der Waals surface area (Å²) in [7, 11) is 0. The van der Waals surface area contributed by atoms with Crippen LogP contribution >= 0.6 is 0 Å². The quantitative estimate of drug-likeness (QED) is 0.662. The van der Waals surface area contributed by atoms with Gasteiger partial charge in [-0.2, -0.15) is 0 Å². The summed E-state index contributed by atoms with van der Waals surface area (Å²) in [4.78, 5) is 25.2. The van der Waals surface area contributed by atoms with Crippen LogP contribution in [-0.2, 0) is 4.79 Å². The van der Waals surface area contributed by atoms with Crippen LogP contribution in [0.4, 0.5) is 5.95 Å². The summed E-state index contributed by atoms with van der Waals surface area (Å²) in [5, 5.41) is 7.27. The number of nitrogens with one attached hydrogen (secondary N) is 3. The molecule has 8 heteroatoms. The monoisotopic (exact) mass is 275 g/mol. The van der Waals surface area contributed by atoms with E-state index < -0.39 is 5.91 Å². The molecule has 0 bridgehead atoms. The molecule has 1 amide bonds. The molecule has 0 fully saturated rings. The van der Waals surface area contributed by atoms with Crippen LogP contribution in [0, 0.1) is 6.92 Å². The fourth-order valence-electron chi connectivity index (χ4n) is 1.28. The van der Waals surface area contributed by atoms with Crippen LogP contribution in [0.1, 0.15) is 5.69 Å². The van der Waals surface area contributed by atoms with Crippen molar-refractivity contribution in [3.8, 4) is 5.75 Å². The molecule has 0 atom stereocenters. The number of aryl methyl sites for hydroxylation is 1. The van der Waals surface area contributed by atoms with Crippen LogP contribution in [0.2, 0.25) is 0 Å². The van der Waals surface area contributed by atoms with Crippen LogP contribution in [0.5, 0.6) is 5.75 Å². The van der Waals surface area contributed by atoms with E-state index in [1.54, 1.807) is 24.3 Å². The summed E-state index contributed by atoms with van der Waals surface area (Å²) >= 11 is 0. The summed E-state index contributed by atoms with van der Waals surface area (Å²) in [6.45, 7) is 1.36. The molecule has 3 N–H and O–H groups in total. The first-order valence-corrected chi connectivity index (χ1v) is 5.81. The van der Waals surface area contributed by atoms with Crippen molar-refractivity contribution in [2.24, 2.45) is 0 Å². The lowest BCUT2D eigenvalue weighted by atomic mass is 10.3. The molecule has 8 nitrogen and oxygen atoms in total. The van der Waals surface area contributed by atoms with E-state index in [1.165, 1.54) is 6.92 Å². The zero-order valence-electron chi connectivity index (χ0n) is 10.7. The number of ether oxygens (including phenoxy) is 1. The van der Waals surface area contributed by atoms with Gasteiger partial charge in [0.1, 0.15) is 11.4 Å². The van der Waals surface area contributed by atoms with Gasteiger partial charge >= 0.3 is 0 Å². The van der Waals surface area contributed by atoms with Crippen LogP contribution in [0.15, 0.2) is 35.1 Å². The first kappa shape index (κ1) is 13.5. The summed E-state index contributed by atoms with van der Waals surface area (Å²) in [5.41, 5.74) is 4.64. The number of H-pyrrole nitrogens is 1. The molecular formula is C12H13N5O3. The minimum atomic E-state index is -0.419. The predicted octanol–water partition coefficient (Wildman–Crippen LogP) is -0.00458. The fourth-order valence-corrected chi connectivity index (χ4v) is 1.28. The Bertz CT molecular complexity index is 641. The Labute approximate surface area is 114 Å². The molecule has 0 radical (unpaired) electrons. The minimum Gasteiger partial charge on any atom is -0.484 e. The van der Waals surface area contributed by atoms with Gasteiger partial charge in [0.15, 0.2) is 6.61 Å². The molecule has 0 aliphatic rings. The number of benzene rings is 1. The number of hydrazine groups is 1. The van der Waals surface area contributed by atoms with Crippen molar-refractivity contribution in [1.82, 2.24) is 20.6 Å². The molecule has 1 aromatic carbocycles. The lowest BCUT2D eigenvalue weighted by Crippen LogP contribution is -2.35. The predicted molar refractivity (Wildman–Crippen MR) is 71.1 cm³/mol. The van der Waals surface area contributed by atoms with Crippen LogP contribution in [0.25, 0.3) is 0 Å². The highest BCUT2D eigenvalue weighted by Gasteiger charge is 2.04. The van der Waals surface area contributed by atoms with Gasteiger partial charge in [0, 0.05) is 0 Å². The Hall–Kier alpha value is -2.90. The number of carbonyl (C=O) groups is 1. The van der Waals surface area contributed by atoms with E-state index in [1.807, 2.05) is 6.07 Å². The van der Waals surface area contributed by atoms with Crippen molar-refractivity contribution in [3.05, 3.63) is 46.4 Å². The first-order chi connectivity index (χ1) is 9.65. The largest absolute Gasteiger partial charge is 0.484 e. The molecule has 1 aromatic heterocycles. The molecule has 2 rings (SSSR count). The number of nitrogens with zero attached hydrogens (tertiary/aromatic N) is 2. The van der Waals surface area contributed by atoms with Gasteiger partial charge in [-0.3, -0.25) is 25.4 Å². The van der Waals surface area contributed by atoms with E-state index in [0.29, 0.717) is 5.75 Å². The fraction of sp³-hybridized carbons (Fsp3) is 0.167. The number of para-hydroxylation sites is 1. The number of aromatic nitrogens is 3. The third-order valence-corrected chi connectivity index (χ3v) is 2.29. The maximum atomic E-state index is 11.5. The number of aromatic amines is 1. The summed E-state index contributed by atoms with van der Waals surface area (Å²) in [6.07, 6.45) is 0. The van der Waals surface area contributed by atoms with E-state index in [4.69, 9.17) is 4.74 Å². The van der Waals surface area contributed by atoms with E-state index >= 15 is 0 Å². The van der Waals surface area contributed by atoms with Gasteiger partial charge in [-0.25, -0.2) is 0 Å². The van der Waals surface area contributed by atoms with Crippen LogP contribution < -0.4 is 21.1 Å². The summed E-state index contributed by atoms with van der Waals surface area (Å²) in [5.74, 6) is 0.219. The van der Waals surface area contributed by atoms with Crippen molar-refractivity contribution >= 4 is 11.9 Å². The molecule has 20 heavy (non-hydrogen) atoms. The van der Waals surface area contributed by atoms with Gasteiger partial charge in [-0.05, 0) is 19.1 Å². The first-order valence-electron chi connectivity index (χ1n) is 5.81. The average molecular weight is 275 g/mol. The maximum Gasteiger partial charge on any atom is 0.276 e. The van der Waals surface area contributed by atoms with Crippen molar-refractivity contribution in [3.63, 3.8) is 0 Å². The van der Waals surface area contributed by atoms with Crippen molar-refractivity contribution in [2.75, 3.05) is 12.0 Å². The maximum absolute atomic E-state index is 11.5. The zero-order chi connectivity index (χ0) is 14.4. The molecule has 0 unspecified atom stereocenters. The second-order valence-corrected chi connectivity index (χ2v) is 3.86. The summed E-state index contributed by atoms with van der Waals surface area (Å²) < 4.78 is 5.24. The highest BCUT2D eigenvalue weighted by atomic mass is 16.5.